The average Bonchev–Trinajstić information content (AvgIpc) is 2.27. The summed E-state index contributed by atoms with van der Waals surface area (Å²) in [5, 5.41) is 61.9. The fraction of sp³-hybridized carbons (Fsp3) is 0.448. The zero-order chi connectivity index (χ0) is 64.3. The SMILES string of the molecule is CC(NC(=C[N+](=O)[O-])Nc1cc(C(F)(F)F)cc(C(F)(F)F)c1)C(C)(C)C.N#CNC(=NC1CCCC1)Nc1cc(Cl)cc(Cl)c1.N#CNC(=NCCC1CC1)Nc1cc(Cl)cc(Cl)c1.N#CNC(=NCCCC1CCCC1)Nc1cc(Cl)cc(Cl)c1. The minimum absolute atomic E-state index is 0.0206. The van der Waals surface area contributed by atoms with Gasteiger partial charge in [0.05, 0.1) is 22.1 Å². The Bertz CT molecular complexity index is 3070. The van der Waals surface area contributed by atoms with E-state index in [0.717, 1.165) is 37.5 Å². The maximum absolute atomic E-state index is 12.9. The lowest BCUT2D eigenvalue weighted by molar-refractivity contribution is -0.403. The van der Waals surface area contributed by atoms with E-state index in [0.29, 0.717) is 96.5 Å². The van der Waals surface area contributed by atoms with Crippen LogP contribution in [0, 0.1) is 61.7 Å². The van der Waals surface area contributed by atoms with Crippen LogP contribution >= 0.6 is 69.6 Å². The van der Waals surface area contributed by atoms with Gasteiger partial charge in [0.25, 0.3) is 6.20 Å². The van der Waals surface area contributed by atoms with Crippen LogP contribution in [0.15, 0.2) is 99.8 Å². The van der Waals surface area contributed by atoms with Crippen LogP contribution in [0.4, 0.5) is 49.1 Å². The Labute approximate surface area is 532 Å². The van der Waals surface area contributed by atoms with Gasteiger partial charge >= 0.3 is 12.4 Å². The standard InChI is InChI=1S/C16H20Cl2N4.C16H19F6N3O2.2C13H14Cl2N4/c17-13-8-14(18)10-15(9-13)22-16(21-11-19)20-7-3-6-12-4-1-2-5-12;1-9(14(2,3)4)23-13(8-25(26)27)24-12-6-10(15(17,18)19)5-11(7-12)16(20,21)22;14-10-5-11(15)7-12(6-10)19-13(18-8-16)17-4-3-9-1-2-9;14-9-5-10(15)7-12(6-9)19-13(17-8-16)18-11-3-1-2-4-11/h8-10,12H,1-7H2,(H2,20,21,22);5-9,23-24H,1-4H3;5-7,9H,1-4H2,(H2,17,18,19);5-7,11H,1-4H2,(H2,17,18,19). The summed E-state index contributed by atoms with van der Waals surface area (Å²) in [4.78, 5) is 23.2. The number of rotatable bonds is 16. The van der Waals surface area contributed by atoms with E-state index in [4.69, 9.17) is 85.4 Å². The smallest absolute Gasteiger partial charge is 0.363 e. The Balaban J connectivity index is 0.000000251. The fourth-order valence-electron chi connectivity index (χ4n) is 8.46. The summed E-state index contributed by atoms with van der Waals surface area (Å²) in [6.45, 7) is 8.49. The number of nitro groups is 1. The van der Waals surface area contributed by atoms with E-state index in [1.807, 2.05) is 18.6 Å². The van der Waals surface area contributed by atoms with Crippen LogP contribution in [0.1, 0.15) is 122 Å². The van der Waals surface area contributed by atoms with Gasteiger partial charge in [-0.15, -0.1) is 0 Å². The Hall–Kier alpha value is -6.78. The highest BCUT2D eigenvalue weighted by Crippen LogP contribution is 2.38. The number of hydrogen-bond donors (Lipinski definition) is 8. The molecule has 0 aliphatic heterocycles. The molecule has 87 heavy (non-hydrogen) atoms. The molecule has 1 unspecified atom stereocenters. The Morgan fingerprint density at radius 1 is 0.575 bits per heavy atom. The van der Waals surface area contributed by atoms with Gasteiger partial charge < -0.3 is 26.6 Å². The number of halogens is 12. The Kier molecular flexibility index (Phi) is 30.0. The van der Waals surface area contributed by atoms with E-state index in [2.05, 4.69) is 57.5 Å². The minimum atomic E-state index is -5.02. The molecule has 3 aliphatic rings. The first-order valence-electron chi connectivity index (χ1n) is 27.5. The fourth-order valence-corrected chi connectivity index (χ4v) is 10.0. The number of hydrogen-bond acceptors (Lipinski definition) is 10. The van der Waals surface area contributed by atoms with Crippen LogP contribution in [-0.4, -0.2) is 48.0 Å². The molecule has 4 aromatic carbocycles. The zero-order valence-electron chi connectivity index (χ0n) is 47.9. The van der Waals surface area contributed by atoms with Crippen molar-refractivity contribution in [1.29, 1.82) is 15.8 Å². The number of nitrogens with zero attached hydrogens (tertiary/aromatic N) is 7. The van der Waals surface area contributed by atoms with E-state index in [9.17, 15) is 36.5 Å². The normalized spacial score (nSPS) is 15.3. The van der Waals surface area contributed by atoms with Gasteiger partial charge in [0.2, 0.25) is 17.9 Å². The van der Waals surface area contributed by atoms with E-state index < -0.39 is 34.1 Å². The second-order valence-electron chi connectivity index (χ2n) is 21.4. The lowest BCUT2D eigenvalue weighted by atomic mass is 9.88. The highest BCUT2D eigenvalue weighted by molar-refractivity contribution is 6.36. The molecule has 3 aliphatic carbocycles. The molecule has 3 saturated carbocycles. The molecule has 0 radical (unpaired) electrons. The quantitative estimate of drug-likeness (QED) is 0.00761. The maximum Gasteiger partial charge on any atom is 0.416 e. The summed E-state index contributed by atoms with van der Waals surface area (Å²) in [7, 11) is 0. The summed E-state index contributed by atoms with van der Waals surface area (Å²) in [6.07, 6.45) is 11.9. The van der Waals surface area contributed by atoms with Crippen molar-refractivity contribution in [1.82, 2.24) is 21.3 Å². The highest BCUT2D eigenvalue weighted by Gasteiger charge is 2.37. The molecule has 4 aromatic rings. The van der Waals surface area contributed by atoms with Crippen molar-refractivity contribution in [2.75, 3.05) is 34.4 Å². The van der Waals surface area contributed by atoms with E-state index in [1.54, 1.807) is 82.3 Å². The summed E-state index contributed by atoms with van der Waals surface area (Å²) >= 11 is 35.6. The molecular weight excluding hydrogens is 1270 g/mol. The van der Waals surface area contributed by atoms with Crippen molar-refractivity contribution in [2.45, 2.75) is 136 Å². The third kappa shape index (κ3) is 29.7. The Morgan fingerprint density at radius 3 is 1.34 bits per heavy atom. The van der Waals surface area contributed by atoms with Crippen LogP contribution in [-0.2, 0) is 12.4 Å². The van der Waals surface area contributed by atoms with Crippen LogP contribution in [0.25, 0.3) is 0 Å². The molecule has 0 amide bonds. The van der Waals surface area contributed by atoms with Crippen molar-refractivity contribution in [3.05, 3.63) is 136 Å². The summed E-state index contributed by atoms with van der Waals surface area (Å²) < 4.78 is 77.5. The van der Waals surface area contributed by atoms with E-state index in [1.165, 1.54) is 57.8 Å². The molecule has 17 nitrogen and oxygen atoms in total. The van der Waals surface area contributed by atoms with Crippen LogP contribution < -0.4 is 42.5 Å². The second-order valence-corrected chi connectivity index (χ2v) is 24.1. The molecule has 0 saturated heterocycles. The number of nitrogens with one attached hydrogen (secondary N) is 8. The first-order valence-corrected chi connectivity index (χ1v) is 29.8. The lowest BCUT2D eigenvalue weighted by Crippen LogP contribution is -2.39. The third-order valence-corrected chi connectivity index (χ3v) is 14.6. The molecule has 0 aromatic heterocycles. The number of nitriles is 3. The number of alkyl halides is 6. The summed E-state index contributed by atoms with van der Waals surface area (Å²) in [5.74, 6) is 2.62. The monoisotopic (exact) mass is 1330 g/mol. The predicted octanol–water partition coefficient (Wildman–Crippen LogP) is 17.4. The first kappa shape index (κ1) is 72.7. The summed E-state index contributed by atoms with van der Waals surface area (Å²) in [5.41, 5.74) is -1.91. The van der Waals surface area contributed by atoms with Crippen molar-refractivity contribution in [2.24, 2.45) is 32.2 Å². The molecule has 470 valence electrons. The zero-order valence-corrected chi connectivity index (χ0v) is 52.4. The van der Waals surface area contributed by atoms with Crippen LogP contribution in [0.2, 0.25) is 30.1 Å². The molecule has 29 heteroatoms. The van der Waals surface area contributed by atoms with Crippen molar-refractivity contribution in [3.63, 3.8) is 0 Å². The van der Waals surface area contributed by atoms with Gasteiger partial charge in [0, 0.05) is 72.0 Å². The van der Waals surface area contributed by atoms with Crippen molar-refractivity contribution in [3.8, 4) is 18.6 Å². The van der Waals surface area contributed by atoms with Crippen molar-refractivity contribution < 1.29 is 31.3 Å². The molecule has 0 spiro atoms. The predicted molar refractivity (Wildman–Crippen MR) is 337 cm³/mol. The summed E-state index contributed by atoms with van der Waals surface area (Å²) in [6, 6.07) is 16.1. The average molecular weight is 1330 g/mol. The third-order valence-electron chi connectivity index (χ3n) is 13.3. The van der Waals surface area contributed by atoms with Gasteiger partial charge in [-0.25, -0.2) is 4.99 Å². The number of anilines is 4. The van der Waals surface area contributed by atoms with Gasteiger partial charge in [-0.1, -0.05) is 142 Å². The molecule has 0 bridgehead atoms. The molecule has 3 fully saturated rings. The maximum atomic E-state index is 12.9. The van der Waals surface area contributed by atoms with E-state index in [-0.39, 0.29) is 29.4 Å². The highest BCUT2D eigenvalue weighted by atomic mass is 35.5. The minimum Gasteiger partial charge on any atom is -0.363 e. The van der Waals surface area contributed by atoms with Crippen LogP contribution in [0.5, 0.6) is 0 Å². The Morgan fingerprint density at radius 2 is 0.954 bits per heavy atom. The van der Waals surface area contributed by atoms with E-state index >= 15 is 0 Å². The van der Waals surface area contributed by atoms with Gasteiger partial charge in [-0.05, 0) is 129 Å². The second kappa shape index (κ2) is 35.9. The van der Waals surface area contributed by atoms with Gasteiger partial charge in [-0.3, -0.25) is 36.0 Å². The molecule has 7 rings (SSSR count). The number of benzene rings is 4. The van der Waals surface area contributed by atoms with Gasteiger partial charge in [0.15, 0.2) is 24.4 Å². The van der Waals surface area contributed by atoms with Crippen LogP contribution in [0.3, 0.4) is 0 Å². The molecule has 1 atom stereocenters. The van der Waals surface area contributed by atoms with Gasteiger partial charge in [0.1, 0.15) is 0 Å². The lowest BCUT2D eigenvalue weighted by Gasteiger charge is -2.29. The topological polar surface area (TPSA) is 248 Å². The largest absolute Gasteiger partial charge is 0.416 e. The number of aliphatic imine (C=N–C) groups is 3. The number of guanidine groups is 3. The molecule has 8 N–H and O–H groups in total. The van der Waals surface area contributed by atoms with Crippen molar-refractivity contribution >= 4 is 110 Å². The molecule has 0 heterocycles. The molecular formula is C58H67Cl6F6N15O2. The first-order chi connectivity index (χ1) is 41.0. The van der Waals surface area contributed by atoms with Gasteiger partial charge in [-0.2, -0.15) is 42.1 Å².